The second-order valence-electron chi connectivity index (χ2n) is 7.07. The number of aliphatic imine (C=N–C) groups is 1. The molecule has 3 rings (SSSR count). The Morgan fingerprint density at radius 1 is 1.19 bits per heavy atom. The van der Waals surface area contributed by atoms with Crippen LogP contribution < -0.4 is 9.64 Å². The summed E-state index contributed by atoms with van der Waals surface area (Å²) in [6, 6.07) is 11.8. The minimum Gasteiger partial charge on any atom is -0.496 e. The molecule has 0 amide bonds. The Bertz CT molecular complexity index is 866. The largest absolute Gasteiger partial charge is 0.496 e. The van der Waals surface area contributed by atoms with Gasteiger partial charge >= 0.3 is 0 Å². The molecule has 0 radical (unpaired) electrons. The van der Waals surface area contributed by atoms with E-state index in [4.69, 9.17) is 16.3 Å². The summed E-state index contributed by atoms with van der Waals surface area (Å²) in [5, 5.41) is 0.707. The van der Waals surface area contributed by atoms with Crippen molar-refractivity contribution in [2.24, 2.45) is 4.99 Å². The Kier molecular flexibility index (Phi) is 5.10. The number of anilines is 1. The highest BCUT2D eigenvalue weighted by molar-refractivity contribution is 6.30. The molecule has 0 unspecified atom stereocenters. The molecular weight excluding hydrogens is 344 g/mol. The highest BCUT2D eigenvalue weighted by Gasteiger charge is 2.31. The number of benzene rings is 2. The number of allylic oxidation sites excluding steroid dienone is 1. The van der Waals surface area contributed by atoms with E-state index in [1.165, 1.54) is 16.8 Å². The predicted molar refractivity (Wildman–Crippen MR) is 112 cm³/mol. The van der Waals surface area contributed by atoms with Crippen LogP contribution in [0, 0.1) is 0 Å². The van der Waals surface area contributed by atoms with E-state index in [2.05, 4.69) is 55.8 Å². The normalized spacial score (nSPS) is 15.8. The lowest BCUT2D eigenvalue weighted by atomic mass is 9.88. The number of rotatable bonds is 4. The van der Waals surface area contributed by atoms with Crippen LogP contribution in [-0.2, 0) is 0 Å². The van der Waals surface area contributed by atoms with Gasteiger partial charge in [-0.2, -0.15) is 0 Å². The fourth-order valence-electron chi connectivity index (χ4n) is 3.65. The average molecular weight is 369 g/mol. The first-order valence-corrected chi connectivity index (χ1v) is 9.22. The summed E-state index contributed by atoms with van der Waals surface area (Å²) < 4.78 is 5.66. The van der Waals surface area contributed by atoms with Crippen molar-refractivity contribution in [1.29, 1.82) is 0 Å². The van der Waals surface area contributed by atoms with Crippen molar-refractivity contribution < 1.29 is 4.74 Å². The summed E-state index contributed by atoms with van der Waals surface area (Å²) >= 11 is 5.94. The minimum absolute atomic E-state index is 0.0181. The molecule has 0 N–H and O–H groups in total. The van der Waals surface area contributed by atoms with Crippen LogP contribution in [0.25, 0.3) is 5.57 Å². The molecule has 0 atom stereocenters. The molecule has 2 aromatic carbocycles. The molecule has 3 nitrogen and oxygen atoms in total. The molecule has 0 spiro atoms. The van der Waals surface area contributed by atoms with E-state index in [0.29, 0.717) is 5.02 Å². The lowest BCUT2D eigenvalue weighted by molar-refractivity contribution is 0.413. The van der Waals surface area contributed by atoms with Crippen LogP contribution in [0.5, 0.6) is 5.75 Å². The van der Waals surface area contributed by atoms with E-state index in [1.54, 1.807) is 7.11 Å². The van der Waals surface area contributed by atoms with Crippen LogP contribution in [0.1, 0.15) is 38.8 Å². The van der Waals surface area contributed by atoms with Crippen molar-refractivity contribution in [3.05, 3.63) is 58.6 Å². The summed E-state index contributed by atoms with van der Waals surface area (Å²) in [5.74, 6) is 0.824. The van der Waals surface area contributed by atoms with Crippen LogP contribution in [0.4, 0.5) is 11.4 Å². The monoisotopic (exact) mass is 368 g/mol. The van der Waals surface area contributed by atoms with E-state index in [-0.39, 0.29) is 5.54 Å². The van der Waals surface area contributed by atoms with Crippen LogP contribution in [0.15, 0.2) is 47.5 Å². The molecule has 136 valence electrons. The number of likely N-dealkylation sites (N-methyl/N-ethyl adjacent to an activating group) is 1. The summed E-state index contributed by atoms with van der Waals surface area (Å²) in [6.45, 7) is 9.77. The predicted octanol–water partition coefficient (Wildman–Crippen LogP) is 6.12. The van der Waals surface area contributed by atoms with E-state index in [9.17, 15) is 0 Å². The molecule has 0 saturated heterocycles. The SMILES string of the molecule is CCN1c2cc(OC)c(C=Nc3ccc(Cl)cc3)cc2C(C)=CC1(C)C. The van der Waals surface area contributed by atoms with Gasteiger partial charge in [-0.25, -0.2) is 0 Å². The lowest BCUT2D eigenvalue weighted by Crippen LogP contribution is -2.44. The van der Waals surface area contributed by atoms with Crippen molar-refractivity contribution in [3.8, 4) is 5.75 Å². The van der Waals surface area contributed by atoms with Gasteiger partial charge in [0, 0.05) is 40.7 Å². The molecule has 2 aromatic rings. The van der Waals surface area contributed by atoms with Crippen LogP contribution >= 0.6 is 11.6 Å². The van der Waals surface area contributed by atoms with Gasteiger partial charge in [-0.15, -0.1) is 0 Å². The average Bonchev–Trinajstić information content (AvgIpc) is 2.60. The third-order valence-corrected chi connectivity index (χ3v) is 5.08. The maximum atomic E-state index is 5.94. The molecule has 1 heterocycles. The van der Waals surface area contributed by atoms with Gasteiger partial charge < -0.3 is 9.64 Å². The summed E-state index contributed by atoms with van der Waals surface area (Å²) in [5.41, 5.74) is 5.51. The molecule has 4 heteroatoms. The Morgan fingerprint density at radius 2 is 1.88 bits per heavy atom. The molecular formula is C22H25ClN2O. The van der Waals surface area contributed by atoms with Crippen LogP contribution in [-0.4, -0.2) is 25.4 Å². The third kappa shape index (κ3) is 3.49. The van der Waals surface area contributed by atoms with Crippen molar-refractivity contribution in [3.63, 3.8) is 0 Å². The maximum absolute atomic E-state index is 5.94. The van der Waals surface area contributed by atoms with Gasteiger partial charge in [0.15, 0.2) is 0 Å². The number of hydrogen-bond acceptors (Lipinski definition) is 3. The zero-order valence-corrected chi connectivity index (χ0v) is 16.8. The maximum Gasteiger partial charge on any atom is 0.129 e. The lowest BCUT2D eigenvalue weighted by Gasteiger charge is -2.43. The van der Waals surface area contributed by atoms with Gasteiger partial charge in [-0.3, -0.25) is 4.99 Å². The molecule has 0 bridgehead atoms. The second kappa shape index (κ2) is 7.16. The molecule has 0 aliphatic carbocycles. The second-order valence-corrected chi connectivity index (χ2v) is 7.51. The first-order valence-electron chi connectivity index (χ1n) is 8.85. The number of hydrogen-bond donors (Lipinski definition) is 0. The Labute approximate surface area is 161 Å². The zero-order chi connectivity index (χ0) is 18.9. The van der Waals surface area contributed by atoms with E-state index in [0.717, 1.165) is 23.5 Å². The number of halogens is 1. The fourth-order valence-corrected chi connectivity index (χ4v) is 3.77. The third-order valence-electron chi connectivity index (χ3n) is 4.82. The quantitative estimate of drug-likeness (QED) is 0.607. The molecule has 26 heavy (non-hydrogen) atoms. The number of methoxy groups -OCH3 is 1. The van der Waals surface area contributed by atoms with Gasteiger partial charge in [0.25, 0.3) is 0 Å². The summed E-state index contributed by atoms with van der Waals surface area (Å²) in [6.07, 6.45) is 4.18. The van der Waals surface area contributed by atoms with Gasteiger partial charge in [-0.05, 0) is 63.6 Å². The van der Waals surface area contributed by atoms with Gasteiger partial charge in [0.2, 0.25) is 0 Å². The van der Waals surface area contributed by atoms with E-state index >= 15 is 0 Å². The standard InChI is InChI=1S/C22H25ClN2O/c1-6-25-20-12-21(26-5)16(11-19(20)15(2)13-22(25,3)4)14-24-18-9-7-17(23)8-10-18/h7-14H,6H2,1-5H3. The van der Waals surface area contributed by atoms with Crippen molar-refractivity contribution in [1.82, 2.24) is 0 Å². The van der Waals surface area contributed by atoms with Crippen molar-refractivity contribution in [2.45, 2.75) is 33.2 Å². The topological polar surface area (TPSA) is 24.8 Å². The molecule has 0 aromatic heterocycles. The van der Waals surface area contributed by atoms with E-state index in [1.807, 2.05) is 30.5 Å². The molecule has 0 saturated carbocycles. The smallest absolute Gasteiger partial charge is 0.129 e. The van der Waals surface area contributed by atoms with Crippen molar-refractivity contribution in [2.75, 3.05) is 18.6 Å². The summed E-state index contributed by atoms with van der Waals surface area (Å²) in [7, 11) is 1.70. The highest BCUT2D eigenvalue weighted by atomic mass is 35.5. The number of fused-ring (bicyclic) bond motifs is 1. The number of ether oxygens (including phenoxy) is 1. The summed E-state index contributed by atoms with van der Waals surface area (Å²) in [4.78, 5) is 6.97. The Hall–Kier alpha value is -2.26. The zero-order valence-electron chi connectivity index (χ0n) is 16.0. The van der Waals surface area contributed by atoms with Gasteiger partial charge in [0.05, 0.1) is 18.3 Å². The Balaban J connectivity index is 2.06. The first kappa shape index (κ1) is 18.5. The molecule has 1 aliphatic heterocycles. The van der Waals surface area contributed by atoms with Gasteiger partial charge in [-0.1, -0.05) is 17.7 Å². The van der Waals surface area contributed by atoms with Gasteiger partial charge in [0.1, 0.15) is 5.75 Å². The Morgan fingerprint density at radius 3 is 2.50 bits per heavy atom. The molecule has 0 fully saturated rings. The fraction of sp³-hybridized carbons (Fsp3) is 0.318. The van der Waals surface area contributed by atoms with Crippen LogP contribution in [0.2, 0.25) is 5.02 Å². The van der Waals surface area contributed by atoms with Crippen LogP contribution in [0.3, 0.4) is 0 Å². The van der Waals surface area contributed by atoms with Crippen molar-refractivity contribution >= 4 is 34.8 Å². The van der Waals surface area contributed by atoms with E-state index < -0.39 is 0 Å². The minimum atomic E-state index is -0.0181. The molecule has 1 aliphatic rings. The highest BCUT2D eigenvalue weighted by Crippen LogP contribution is 2.41. The number of nitrogens with zero attached hydrogens (tertiary/aromatic N) is 2. The first-order chi connectivity index (χ1) is 12.4.